The van der Waals surface area contributed by atoms with Crippen molar-refractivity contribution in [2.45, 2.75) is 19.9 Å². The molecule has 25 heavy (non-hydrogen) atoms. The van der Waals surface area contributed by atoms with E-state index in [0.29, 0.717) is 17.3 Å². The summed E-state index contributed by atoms with van der Waals surface area (Å²) in [4.78, 5) is 23.9. The number of amides is 2. The number of phenols is 1. The Labute approximate surface area is 150 Å². The van der Waals surface area contributed by atoms with Crippen molar-refractivity contribution in [3.63, 3.8) is 0 Å². The van der Waals surface area contributed by atoms with Gasteiger partial charge in [-0.3, -0.25) is 9.59 Å². The van der Waals surface area contributed by atoms with Crippen molar-refractivity contribution in [1.82, 2.24) is 10.7 Å². The Morgan fingerprint density at radius 2 is 1.88 bits per heavy atom. The van der Waals surface area contributed by atoms with Crippen LogP contribution in [0.3, 0.4) is 0 Å². The quantitative estimate of drug-likeness (QED) is 0.547. The Morgan fingerprint density at radius 1 is 1.16 bits per heavy atom. The number of rotatable bonds is 6. The summed E-state index contributed by atoms with van der Waals surface area (Å²) in [6.07, 6.45) is 0.0502. The molecule has 3 N–H and O–H groups in total. The fourth-order valence-electron chi connectivity index (χ4n) is 2.03. The number of benzene rings is 2. The highest BCUT2D eigenvalue weighted by Crippen LogP contribution is 2.21. The fraction of sp³-hybridized carbons (Fsp3) is 0.167. The first kappa shape index (κ1) is 18.5. The Hall–Kier alpha value is -2.86. The summed E-state index contributed by atoms with van der Waals surface area (Å²) in [5.74, 6) is -1.01. The first-order valence-corrected chi connectivity index (χ1v) is 7.96. The molecule has 0 radical (unpaired) electrons. The summed E-state index contributed by atoms with van der Waals surface area (Å²) in [7, 11) is 0. The monoisotopic (exact) mass is 359 g/mol. The summed E-state index contributed by atoms with van der Waals surface area (Å²) in [5, 5.41) is 16.6. The van der Waals surface area contributed by atoms with Crippen molar-refractivity contribution >= 4 is 29.1 Å². The third kappa shape index (κ3) is 5.93. The molecule has 0 unspecified atom stereocenters. The summed E-state index contributed by atoms with van der Waals surface area (Å²) >= 11 is 5.80. The lowest BCUT2D eigenvalue weighted by Crippen LogP contribution is -2.26. The average Bonchev–Trinajstić information content (AvgIpc) is 2.61. The number of halogens is 1. The lowest BCUT2D eigenvalue weighted by atomic mass is 10.2. The summed E-state index contributed by atoms with van der Waals surface area (Å²) in [6, 6.07) is 13.7. The van der Waals surface area contributed by atoms with Gasteiger partial charge in [0.15, 0.2) is 0 Å². The fourth-order valence-corrected chi connectivity index (χ4v) is 2.20. The number of nitrogens with one attached hydrogen (secondary N) is 2. The Bertz CT molecular complexity index is 791. The first-order chi connectivity index (χ1) is 12.0. The maximum Gasteiger partial charge on any atom is 0.275 e. The molecule has 0 bridgehead atoms. The first-order valence-electron chi connectivity index (χ1n) is 7.58. The van der Waals surface area contributed by atoms with Gasteiger partial charge in [-0.2, -0.15) is 5.10 Å². The molecule has 0 spiro atoms. The van der Waals surface area contributed by atoms with Crippen molar-refractivity contribution < 1.29 is 14.7 Å². The standard InChI is InChI=1S/C18H18ClN3O3/c1-12(9-17(24)20-11-13-5-3-2-4-6-13)21-22-18(25)15-10-14(19)7-8-16(15)23/h2-8,10,23H,9,11H2,1H3,(H,20,24)(H,22,25)/b21-12-. The van der Waals surface area contributed by atoms with E-state index in [1.807, 2.05) is 30.3 Å². The largest absolute Gasteiger partial charge is 0.507 e. The van der Waals surface area contributed by atoms with Crippen molar-refractivity contribution in [3.05, 3.63) is 64.7 Å². The average molecular weight is 360 g/mol. The molecule has 0 heterocycles. The van der Waals surface area contributed by atoms with Gasteiger partial charge in [0.1, 0.15) is 5.75 Å². The molecule has 0 aliphatic rings. The zero-order valence-electron chi connectivity index (χ0n) is 13.6. The molecule has 0 fully saturated rings. The maximum atomic E-state index is 12.0. The van der Waals surface area contributed by atoms with E-state index in [1.165, 1.54) is 18.2 Å². The minimum Gasteiger partial charge on any atom is -0.507 e. The van der Waals surface area contributed by atoms with Gasteiger partial charge in [0.2, 0.25) is 5.91 Å². The van der Waals surface area contributed by atoms with Crippen LogP contribution in [0.15, 0.2) is 53.6 Å². The van der Waals surface area contributed by atoms with Crippen molar-refractivity contribution in [3.8, 4) is 5.75 Å². The zero-order chi connectivity index (χ0) is 18.2. The van der Waals surface area contributed by atoms with Crippen LogP contribution in [0.5, 0.6) is 5.75 Å². The smallest absolute Gasteiger partial charge is 0.275 e. The van der Waals surface area contributed by atoms with Crippen LogP contribution in [0, 0.1) is 0 Å². The number of phenolic OH excluding ortho intramolecular Hbond substituents is 1. The van der Waals surface area contributed by atoms with E-state index in [4.69, 9.17) is 11.6 Å². The van der Waals surface area contributed by atoms with Crippen LogP contribution in [0.2, 0.25) is 5.02 Å². The molecule has 0 aliphatic carbocycles. The highest BCUT2D eigenvalue weighted by molar-refractivity contribution is 6.31. The second-order valence-electron chi connectivity index (χ2n) is 5.39. The molecule has 6 nitrogen and oxygen atoms in total. The van der Waals surface area contributed by atoms with Crippen molar-refractivity contribution in [2.24, 2.45) is 5.10 Å². The summed E-state index contributed by atoms with van der Waals surface area (Å²) in [6.45, 7) is 2.05. The molecule has 2 aromatic carbocycles. The SMILES string of the molecule is C/C(CC(=O)NCc1ccccc1)=N/NC(=O)c1cc(Cl)ccc1O. The van der Waals surface area contributed by atoms with E-state index in [9.17, 15) is 14.7 Å². The van der Waals surface area contributed by atoms with Crippen LogP contribution in [0.1, 0.15) is 29.3 Å². The van der Waals surface area contributed by atoms with Crippen LogP contribution in [-0.4, -0.2) is 22.6 Å². The molecule has 0 aromatic heterocycles. The number of hydrazone groups is 1. The molecular formula is C18H18ClN3O3. The van der Waals surface area contributed by atoms with Crippen LogP contribution in [-0.2, 0) is 11.3 Å². The topological polar surface area (TPSA) is 90.8 Å². The molecular weight excluding hydrogens is 342 g/mol. The maximum absolute atomic E-state index is 12.0. The second kappa shape index (κ2) is 8.84. The molecule has 0 saturated heterocycles. The van der Waals surface area contributed by atoms with E-state index in [2.05, 4.69) is 15.8 Å². The Kier molecular flexibility index (Phi) is 6.54. The van der Waals surface area contributed by atoms with E-state index in [-0.39, 0.29) is 23.6 Å². The number of hydrogen-bond donors (Lipinski definition) is 3. The predicted molar refractivity (Wildman–Crippen MR) is 96.6 cm³/mol. The lowest BCUT2D eigenvalue weighted by Gasteiger charge is -2.06. The van der Waals surface area contributed by atoms with E-state index in [0.717, 1.165) is 5.56 Å². The van der Waals surface area contributed by atoms with Gasteiger partial charge in [-0.15, -0.1) is 0 Å². The Balaban J connectivity index is 1.85. The van der Waals surface area contributed by atoms with Gasteiger partial charge in [-0.05, 0) is 30.7 Å². The molecule has 130 valence electrons. The molecule has 2 aromatic rings. The zero-order valence-corrected chi connectivity index (χ0v) is 14.4. The lowest BCUT2D eigenvalue weighted by molar-refractivity contribution is -0.120. The van der Waals surface area contributed by atoms with E-state index in [1.54, 1.807) is 6.92 Å². The van der Waals surface area contributed by atoms with Crippen LogP contribution in [0.25, 0.3) is 0 Å². The van der Waals surface area contributed by atoms with Gasteiger partial charge in [0.05, 0.1) is 12.0 Å². The molecule has 0 aliphatic heterocycles. The normalized spacial score (nSPS) is 11.0. The van der Waals surface area contributed by atoms with Gasteiger partial charge in [0.25, 0.3) is 5.91 Å². The van der Waals surface area contributed by atoms with Gasteiger partial charge in [-0.1, -0.05) is 41.9 Å². The third-order valence-electron chi connectivity index (χ3n) is 3.30. The molecule has 7 heteroatoms. The molecule has 0 saturated carbocycles. The number of carbonyl (C=O) groups excluding carboxylic acids is 2. The minimum atomic E-state index is -0.607. The highest BCUT2D eigenvalue weighted by Gasteiger charge is 2.11. The van der Waals surface area contributed by atoms with Crippen LogP contribution in [0.4, 0.5) is 0 Å². The van der Waals surface area contributed by atoms with E-state index < -0.39 is 5.91 Å². The molecule has 2 rings (SSSR count). The van der Waals surface area contributed by atoms with Crippen molar-refractivity contribution in [1.29, 1.82) is 0 Å². The second-order valence-corrected chi connectivity index (χ2v) is 5.83. The van der Waals surface area contributed by atoms with Gasteiger partial charge in [0, 0.05) is 17.3 Å². The highest BCUT2D eigenvalue weighted by atomic mass is 35.5. The predicted octanol–water partition coefficient (Wildman–Crippen LogP) is 2.86. The number of hydrogen-bond acceptors (Lipinski definition) is 4. The number of aromatic hydroxyl groups is 1. The minimum absolute atomic E-state index is 0.0116. The third-order valence-corrected chi connectivity index (χ3v) is 3.54. The molecule has 2 amide bonds. The Morgan fingerprint density at radius 3 is 2.60 bits per heavy atom. The van der Waals surface area contributed by atoms with Gasteiger partial charge >= 0.3 is 0 Å². The van der Waals surface area contributed by atoms with Gasteiger partial charge in [-0.25, -0.2) is 5.43 Å². The molecule has 0 atom stereocenters. The van der Waals surface area contributed by atoms with Crippen LogP contribution >= 0.6 is 11.6 Å². The number of nitrogens with zero attached hydrogens (tertiary/aromatic N) is 1. The van der Waals surface area contributed by atoms with Gasteiger partial charge < -0.3 is 10.4 Å². The summed E-state index contributed by atoms with van der Waals surface area (Å²) < 4.78 is 0. The van der Waals surface area contributed by atoms with Crippen molar-refractivity contribution in [2.75, 3.05) is 0 Å². The number of carbonyl (C=O) groups is 2. The van der Waals surface area contributed by atoms with Crippen LogP contribution < -0.4 is 10.7 Å². The summed E-state index contributed by atoms with van der Waals surface area (Å²) in [5.41, 5.74) is 3.73. The van der Waals surface area contributed by atoms with E-state index >= 15 is 0 Å².